The lowest BCUT2D eigenvalue weighted by atomic mass is 10.1. The van der Waals surface area contributed by atoms with Crippen molar-refractivity contribution >= 4 is 22.6 Å². The molecule has 9 nitrogen and oxygen atoms in total. The molecule has 0 unspecified atom stereocenters. The van der Waals surface area contributed by atoms with Crippen molar-refractivity contribution in [3.05, 3.63) is 76.3 Å². The molecule has 37 heavy (non-hydrogen) atoms. The number of rotatable bonds is 10. The predicted octanol–water partition coefficient (Wildman–Crippen LogP) is 1.97. The van der Waals surface area contributed by atoms with Crippen LogP contribution >= 0.6 is 0 Å². The van der Waals surface area contributed by atoms with E-state index >= 15 is 0 Å². The van der Waals surface area contributed by atoms with E-state index in [-0.39, 0.29) is 11.5 Å². The summed E-state index contributed by atoms with van der Waals surface area (Å²) in [6, 6.07) is 17.6. The van der Waals surface area contributed by atoms with Gasteiger partial charge in [-0.3, -0.25) is 18.6 Å². The van der Waals surface area contributed by atoms with Crippen molar-refractivity contribution in [1.82, 2.24) is 34.3 Å². The van der Waals surface area contributed by atoms with E-state index in [1.54, 1.807) is 4.57 Å². The van der Waals surface area contributed by atoms with Crippen LogP contribution in [0.1, 0.15) is 24.2 Å². The van der Waals surface area contributed by atoms with Gasteiger partial charge in [-0.25, -0.2) is 0 Å². The number of carbonyl (C=O) groups excluding carboxylic acids is 1. The number of fused-ring (bicyclic) bond motifs is 3. The maximum Gasteiger partial charge on any atom is 0.262 e. The van der Waals surface area contributed by atoms with Gasteiger partial charge in [0.2, 0.25) is 11.7 Å². The molecule has 1 fully saturated rings. The van der Waals surface area contributed by atoms with Gasteiger partial charge in [0.1, 0.15) is 5.82 Å². The van der Waals surface area contributed by atoms with Gasteiger partial charge in [0, 0.05) is 52.1 Å². The molecule has 0 spiro atoms. The molecule has 1 N–H and O–H groups in total. The van der Waals surface area contributed by atoms with E-state index in [0.29, 0.717) is 49.3 Å². The Morgan fingerprint density at radius 2 is 1.68 bits per heavy atom. The van der Waals surface area contributed by atoms with Crippen LogP contribution in [0.15, 0.2) is 59.4 Å². The van der Waals surface area contributed by atoms with Crippen molar-refractivity contribution < 1.29 is 4.79 Å². The van der Waals surface area contributed by atoms with Crippen LogP contribution in [-0.4, -0.2) is 81.2 Å². The average molecular weight is 502 g/mol. The Labute approximate surface area is 216 Å². The van der Waals surface area contributed by atoms with Crippen LogP contribution in [0.4, 0.5) is 0 Å². The van der Waals surface area contributed by atoms with Crippen molar-refractivity contribution in [2.45, 2.75) is 32.2 Å². The first kappa shape index (κ1) is 25.1. The number of piperazine rings is 1. The fourth-order valence-corrected chi connectivity index (χ4v) is 4.98. The smallest absolute Gasteiger partial charge is 0.262 e. The summed E-state index contributed by atoms with van der Waals surface area (Å²) in [6.45, 7) is 6.58. The Morgan fingerprint density at radius 1 is 0.919 bits per heavy atom. The van der Waals surface area contributed by atoms with Crippen LogP contribution in [0, 0.1) is 0 Å². The van der Waals surface area contributed by atoms with Gasteiger partial charge in [-0.2, -0.15) is 0 Å². The number of nitrogens with zero attached hydrogens (tertiary/aromatic N) is 6. The molecule has 1 amide bonds. The zero-order valence-electron chi connectivity index (χ0n) is 21.5. The second kappa shape index (κ2) is 11.7. The lowest BCUT2D eigenvalue weighted by Crippen LogP contribution is -2.45. The third-order valence-electron chi connectivity index (χ3n) is 7.19. The normalized spacial score (nSPS) is 14.9. The highest BCUT2D eigenvalue weighted by molar-refractivity contribution is 5.80. The first-order chi connectivity index (χ1) is 18.1. The van der Waals surface area contributed by atoms with Crippen LogP contribution in [-0.2, 0) is 24.2 Å². The number of para-hydroxylation sites is 1. The molecule has 0 radical (unpaired) electrons. The highest BCUT2D eigenvalue weighted by Gasteiger charge is 2.17. The molecule has 0 aliphatic carbocycles. The van der Waals surface area contributed by atoms with E-state index in [9.17, 15) is 9.59 Å². The zero-order chi connectivity index (χ0) is 25.6. The molecular formula is C28H35N7O2. The Morgan fingerprint density at radius 3 is 2.49 bits per heavy atom. The van der Waals surface area contributed by atoms with E-state index < -0.39 is 0 Å². The third-order valence-corrected chi connectivity index (χ3v) is 7.19. The first-order valence-corrected chi connectivity index (χ1v) is 13.2. The van der Waals surface area contributed by atoms with Crippen LogP contribution in [0.25, 0.3) is 16.7 Å². The molecule has 0 atom stereocenters. The second-order valence-corrected chi connectivity index (χ2v) is 9.81. The number of amides is 1. The molecule has 2 aromatic heterocycles. The Hall–Kier alpha value is -3.56. The van der Waals surface area contributed by atoms with Gasteiger partial charge in [0.15, 0.2) is 0 Å². The van der Waals surface area contributed by atoms with Gasteiger partial charge < -0.3 is 15.1 Å². The lowest BCUT2D eigenvalue weighted by Gasteiger charge is -2.32. The zero-order valence-corrected chi connectivity index (χ0v) is 21.5. The number of hydrogen-bond donors (Lipinski definition) is 1. The van der Waals surface area contributed by atoms with E-state index in [2.05, 4.69) is 44.5 Å². The van der Waals surface area contributed by atoms with Gasteiger partial charge in [-0.05, 0) is 44.1 Å². The van der Waals surface area contributed by atoms with Crippen molar-refractivity contribution in [1.29, 1.82) is 0 Å². The number of likely N-dealkylation sites (N-methyl/N-ethyl adjacent to an activating group) is 1. The minimum atomic E-state index is -0.0731. The molecule has 4 aromatic rings. The van der Waals surface area contributed by atoms with E-state index in [1.807, 2.05) is 46.9 Å². The largest absolute Gasteiger partial charge is 0.356 e. The van der Waals surface area contributed by atoms with E-state index in [1.165, 1.54) is 0 Å². The number of carbonyl (C=O) groups is 1. The second-order valence-electron chi connectivity index (χ2n) is 9.81. The molecule has 9 heteroatoms. The molecule has 1 aliphatic rings. The summed E-state index contributed by atoms with van der Waals surface area (Å²) in [4.78, 5) is 30.7. The third kappa shape index (κ3) is 5.89. The molecule has 1 saturated heterocycles. The monoisotopic (exact) mass is 501 g/mol. The molecule has 194 valence electrons. The molecule has 0 bridgehead atoms. The first-order valence-electron chi connectivity index (χ1n) is 13.2. The molecule has 5 rings (SSSR count). The molecule has 0 saturated carbocycles. The summed E-state index contributed by atoms with van der Waals surface area (Å²) in [5, 5.41) is 12.5. The lowest BCUT2D eigenvalue weighted by molar-refractivity contribution is -0.121. The minimum Gasteiger partial charge on any atom is -0.356 e. The number of aromatic nitrogens is 4. The summed E-state index contributed by atoms with van der Waals surface area (Å²) in [7, 11) is 2.16. The summed E-state index contributed by atoms with van der Waals surface area (Å²) in [6.07, 6.45) is 2.44. The number of hydrogen-bond acceptors (Lipinski definition) is 6. The van der Waals surface area contributed by atoms with Crippen LogP contribution in [0.2, 0.25) is 0 Å². The fourth-order valence-electron chi connectivity index (χ4n) is 4.98. The Bertz CT molecular complexity index is 1400. The Balaban J connectivity index is 1.25. The Kier molecular flexibility index (Phi) is 7.91. The molecule has 1 aliphatic heterocycles. The van der Waals surface area contributed by atoms with Crippen LogP contribution < -0.4 is 10.9 Å². The minimum absolute atomic E-state index is 0.0110. The maximum atomic E-state index is 13.3. The summed E-state index contributed by atoms with van der Waals surface area (Å²) >= 11 is 0. The topological polar surface area (TPSA) is 87.8 Å². The summed E-state index contributed by atoms with van der Waals surface area (Å²) in [5.41, 5.74) is 1.85. The summed E-state index contributed by atoms with van der Waals surface area (Å²) < 4.78 is 3.63. The fraction of sp³-hybridized carbons (Fsp3) is 0.429. The average Bonchev–Trinajstić information content (AvgIpc) is 3.35. The highest BCUT2D eigenvalue weighted by atomic mass is 16.1. The molecule has 2 aromatic carbocycles. The van der Waals surface area contributed by atoms with Crippen LogP contribution in [0.3, 0.4) is 0 Å². The van der Waals surface area contributed by atoms with Gasteiger partial charge in [0.05, 0.1) is 10.9 Å². The van der Waals surface area contributed by atoms with Crippen molar-refractivity contribution in [3.63, 3.8) is 0 Å². The quantitative estimate of drug-likeness (QED) is 0.335. The van der Waals surface area contributed by atoms with Crippen molar-refractivity contribution in [2.24, 2.45) is 0 Å². The van der Waals surface area contributed by atoms with E-state index in [0.717, 1.165) is 50.2 Å². The maximum absolute atomic E-state index is 13.3. The predicted molar refractivity (Wildman–Crippen MR) is 145 cm³/mol. The van der Waals surface area contributed by atoms with Gasteiger partial charge in [-0.15, -0.1) is 10.2 Å². The van der Waals surface area contributed by atoms with Gasteiger partial charge in [-0.1, -0.05) is 42.5 Å². The van der Waals surface area contributed by atoms with E-state index in [4.69, 9.17) is 0 Å². The van der Waals surface area contributed by atoms with Crippen molar-refractivity contribution in [3.8, 4) is 0 Å². The van der Waals surface area contributed by atoms with Gasteiger partial charge in [0.25, 0.3) is 5.56 Å². The molecule has 3 heterocycles. The highest BCUT2D eigenvalue weighted by Crippen LogP contribution is 2.16. The van der Waals surface area contributed by atoms with Gasteiger partial charge >= 0.3 is 0 Å². The SMILES string of the molecule is CN1CCN(CCCNC(=O)CCc2nnc3n(CCc4ccccc4)c(=O)c4ccccc4n23)CC1. The molecular weight excluding hydrogens is 466 g/mol. The van der Waals surface area contributed by atoms with Crippen molar-refractivity contribution in [2.75, 3.05) is 46.3 Å². The summed E-state index contributed by atoms with van der Waals surface area (Å²) in [5.74, 6) is 1.21. The number of aryl methyl sites for hydroxylation is 3. The number of benzene rings is 2. The number of nitrogens with one attached hydrogen (secondary N) is 1. The van der Waals surface area contributed by atoms with Crippen LogP contribution in [0.5, 0.6) is 0 Å². The standard InChI is InChI=1S/C28H35N7O2/c1-32-18-20-33(21-19-32)16-7-15-29-26(36)13-12-25-30-31-28-34(17-14-22-8-3-2-4-9-22)27(37)23-10-5-6-11-24(23)35(25)28/h2-6,8-11H,7,12-21H2,1H3,(H,29,36).